The number of anilines is 1. The van der Waals surface area contributed by atoms with Gasteiger partial charge in [-0.25, -0.2) is 8.42 Å². The van der Waals surface area contributed by atoms with Crippen molar-refractivity contribution in [2.24, 2.45) is 5.92 Å². The smallest absolute Gasteiger partial charge is 0.234 e. The fourth-order valence-corrected chi connectivity index (χ4v) is 3.98. The van der Waals surface area contributed by atoms with Gasteiger partial charge in [-0.05, 0) is 49.8 Å². The Bertz CT molecular complexity index is 563. The SMILES string of the molecule is CCS(=O)(=O)N1CC(C)Cc2c(C)ccc(C)c21. The van der Waals surface area contributed by atoms with Gasteiger partial charge in [0.25, 0.3) is 0 Å². The van der Waals surface area contributed by atoms with Crippen LogP contribution in [0.25, 0.3) is 0 Å². The lowest BCUT2D eigenvalue weighted by Gasteiger charge is -2.35. The van der Waals surface area contributed by atoms with E-state index in [9.17, 15) is 8.42 Å². The number of aryl methyl sites for hydroxylation is 2. The van der Waals surface area contributed by atoms with Gasteiger partial charge < -0.3 is 0 Å². The van der Waals surface area contributed by atoms with E-state index in [4.69, 9.17) is 0 Å². The molecular weight excluding hydrogens is 246 g/mol. The molecule has 0 bridgehead atoms. The van der Waals surface area contributed by atoms with Crippen molar-refractivity contribution < 1.29 is 8.42 Å². The predicted molar refractivity (Wildman–Crippen MR) is 75.6 cm³/mol. The molecule has 0 spiro atoms. The molecule has 1 aromatic rings. The van der Waals surface area contributed by atoms with E-state index in [0.29, 0.717) is 12.5 Å². The van der Waals surface area contributed by atoms with Crippen LogP contribution in [0.15, 0.2) is 12.1 Å². The molecule has 1 heterocycles. The minimum atomic E-state index is -3.17. The molecule has 0 saturated carbocycles. The van der Waals surface area contributed by atoms with E-state index in [2.05, 4.69) is 19.9 Å². The van der Waals surface area contributed by atoms with Gasteiger partial charge in [0.05, 0.1) is 11.4 Å². The summed E-state index contributed by atoms with van der Waals surface area (Å²) in [5, 5.41) is 0. The molecule has 0 fully saturated rings. The maximum Gasteiger partial charge on any atom is 0.234 e. The lowest BCUT2D eigenvalue weighted by Crippen LogP contribution is -2.40. The first-order chi connectivity index (χ1) is 8.36. The van der Waals surface area contributed by atoms with Gasteiger partial charge in [0.1, 0.15) is 0 Å². The summed E-state index contributed by atoms with van der Waals surface area (Å²) in [6.45, 7) is 8.48. The van der Waals surface area contributed by atoms with E-state index in [1.54, 1.807) is 11.2 Å². The average molecular weight is 267 g/mol. The summed E-state index contributed by atoms with van der Waals surface area (Å²) >= 11 is 0. The van der Waals surface area contributed by atoms with Crippen molar-refractivity contribution in [3.05, 3.63) is 28.8 Å². The molecule has 0 aromatic heterocycles. The van der Waals surface area contributed by atoms with Crippen LogP contribution in [0, 0.1) is 19.8 Å². The molecule has 0 N–H and O–H groups in total. The zero-order valence-electron chi connectivity index (χ0n) is 11.5. The Morgan fingerprint density at radius 2 is 1.89 bits per heavy atom. The Morgan fingerprint density at radius 1 is 1.28 bits per heavy atom. The Labute approximate surface area is 110 Å². The fourth-order valence-electron chi connectivity index (χ4n) is 2.66. The third kappa shape index (κ3) is 2.14. The molecule has 1 aliphatic rings. The first kappa shape index (κ1) is 13.4. The molecule has 1 aliphatic heterocycles. The van der Waals surface area contributed by atoms with Crippen LogP contribution in [0.4, 0.5) is 5.69 Å². The second kappa shape index (κ2) is 4.57. The summed E-state index contributed by atoms with van der Waals surface area (Å²) in [5.41, 5.74) is 4.37. The van der Waals surface area contributed by atoms with Gasteiger partial charge in [-0.3, -0.25) is 4.31 Å². The van der Waals surface area contributed by atoms with Crippen LogP contribution in [0.2, 0.25) is 0 Å². The highest BCUT2D eigenvalue weighted by atomic mass is 32.2. The topological polar surface area (TPSA) is 37.4 Å². The first-order valence-electron chi connectivity index (χ1n) is 6.46. The highest BCUT2D eigenvalue weighted by molar-refractivity contribution is 7.92. The number of rotatable bonds is 2. The van der Waals surface area contributed by atoms with Crippen molar-refractivity contribution >= 4 is 15.7 Å². The molecule has 1 atom stereocenters. The van der Waals surface area contributed by atoms with E-state index in [0.717, 1.165) is 17.7 Å². The Kier molecular flexibility index (Phi) is 3.41. The Balaban J connectivity index is 2.66. The van der Waals surface area contributed by atoms with Gasteiger partial charge in [0, 0.05) is 6.54 Å². The summed E-state index contributed by atoms with van der Waals surface area (Å²) in [4.78, 5) is 0. The first-order valence-corrected chi connectivity index (χ1v) is 8.07. The summed E-state index contributed by atoms with van der Waals surface area (Å²) in [6.07, 6.45) is 0.971. The largest absolute Gasteiger partial charge is 0.269 e. The second-order valence-electron chi connectivity index (χ2n) is 5.27. The molecule has 100 valence electrons. The maximum atomic E-state index is 12.3. The van der Waals surface area contributed by atoms with Crippen molar-refractivity contribution in [1.29, 1.82) is 0 Å². The molecule has 2 rings (SSSR count). The van der Waals surface area contributed by atoms with Gasteiger partial charge in [-0.2, -0.15) is 0 Å². The molecule has 0 amide bonds. The summed E-state index contributed by atoms with van der Waals surface area (Å²) in [5.74, 6) is 0.534. The molecule has 3 nitrogen and oxygen atoms in total. The van der Waals surface area contributed by atoms with E-state index >= 15 is 0 Å². The number of sulfonamides is 1. The minimum absolute atomic E-state index is 0.159. The van der Waals surface area contributed by atoms with E-state index < -0.39 is 10.0 Å². The van der Waals surface area contributed by atoms with Crippen molar-refractivity contribution in [1.82, 2.24) is 0 Å². The molecular formula is C14H21NO2S. The average Bonchev–Trinajstić information content (AvgIpc) is 2.33. The van der Waals surface area contributed by atoms with Crippen molar-refractivity contribution in [3.63, 3.8) is 0 Å². The Morgan fingerprint density at radius 3 is 2.50 bits per heavy atom. The van der Waals surface area contributed by atoms with Crippen molar-refractivity contribution in [2.75, 3.05) is 16.6 Å². The molecule has 1 unspecified atom stereocenters. The number of fused-ring (bicyclic) bond motifs is 1. The highest BCUT2D eigenvalue weighted by Crippen LogP contribution is 2.36. The van der Waals surface area contributed by atoms with E-state index in [1.165, 1.54) is 11.1 Å². The van der Waals surface area contributed by atoms with Gasteiger partial charge >= 0.3 is 0 Å². The third-order valence-corrected chi connectivity index (χ3v) is 5.43. The van der Waals surface area contributed by atoms with Crippen LogP contribution in [0.1, 0.15) is 30.5 Å². The number of hydrogen-bond donors (Lipinski definition) is 0. The zero-order valence-corrected chi connectivity index (χ0v) is 12.3. The van der Waals surface area contributed by atoms with Crippen LogP contribution >= 0.6 is 0 Å². The molecule has 18 heavy (non-hydrogen) atoms. The quantitative estimate of drug-likeness (QED) is 0.826. The lowest BCUT2D eigenvalue weighted by molar-refractivity contribution is 0.543. The maximum absolute atomic E-state index is 12.3. The monoisotopic (exact) mass is 267 g/mol. The number of hydrogen-bond acceptors (Lipinski definition) is 2. The van der Waals surface area contributed by atoms with Crippen LogP contribution in [-0.4, -0.2) is 20.7 Å². The van der Waals surface area contributed by atoms with Gasteiger partial charge in [0.15, 0.2) is 0 Å². The van der Waals surface area contributed by atoms with Crippen LogP contribution in [0.5, 0.6) is 0 Å². The van der Waals surface area contributed by atoms with Crippen LogP contribution < -0.4 is 4.31 Å². The predicted octanol–water partition coefficient (Wildman–Crippen LogP) is 2.65. The van der Waals surface area contributed by atoms with E-state index in [-0.39, 0.29) is 5.75 Å². The summed E-state index contributed by atoms with van der Waals surface area (Å²) in [7, 11) is -3.17. The molecule has 0 aliphatic carbocycles. The lowest BCUT2D eigenvalue weighted by atomic mass is 9.90. The summed E-state index contributed by atoms with van der Waals surface area (Å²) < 4.78 is 26.1. The summed E-state index contributed by atoms with van der Waals surface area (Å²) in [6, 6.07) is 4.10. The van der Waals surface area contributed by atoms with Crippen LogP contribution in [0.3, 0.4) is 0 Å². The molecule has 0 radical (unpaired) electrons. The number of benzene rings is 1. The molecule has 4 heteroatoms. The van der Waals surface area contributed by atoms with E-state index in [1.807, 2.05) is 13.0 Å². The fraction of sp³-hybridized carbons (Fsp3) is 0.571. The Hall–Kier alpha value is -1.03. The normalized spacial score (nSPS) is 19.8. The number of nitrogens with zero attached hydrogens (tertiary/aromatic N) is 1. The van der Waals surface area contributed by atoms with Crippen molar-refractivity contribution in [3.8, 4) is 0 Å². The van der Waals surface area contributed by atoms with Crippen molar-refractivity contribution in [2.45, 2.75) is 34.1 Å². The highest BCUT2D eigenvalue weighted by Gasteiger charge is 2.31. The third-order valence-electron chi connectivity index (χ3n) is 3.70. The van der Waals surface area contributed by atoms with Gasteiger partial charge in [0.2, 0.25) is 10.0 Å². The minimum Gasteiger partial charge on any atom is -0.269 e. The van der Waals surface area contributed by atoms with Gasteiger partial charge in [-0.1, -0.05) is 19.1 Å². The second-order valence-corrected chi connectivity index (χ2v) is 7.45. The standard InChI is InChI=1S/C14H21NO2S/c1-5-18(16,17)15-9-10(2)8-13-11(3)6-7-12(4)14(13)15/h6-7,10H,5,8-9H2,1-4H3. The molecule has 0 saturated heterocycles. The molecule has 1 aromatic carbocycles. The zero-order chi connectivity index (χ0) is 13.5. The van der Waals surface area contributed by atoms with Crippen LogP contribution in [-0.2, 0) is 16.4 Å². The van der Waals surface area contributed by atoms with Gasteiger partial charge in [-0.15, -0.1) is 0 Å².